The third-order valence-corrected chi connectivity index (χ3v) is 3.03. The van der Waals surface area contributed by atoms with Crippen LogP contribution in [0, 0.1) is 0 Å². The Morgan fingerprint density at radius 1 is 1.30 bits per heavy atom. The fourth-order valence-electron chi connectivity index (χ4n) is 1.45. The number of hydroxylamine groups is 1. The van der Waals surface area contributed by atoms with Gasteiger partial charge in [0.25, 0.3) is 0 Å². The lowest BCUT2D eigenvalue weighted by Gasteiger charge is -2.10. The Morgan fingerprint density at radius 2 is 1.95 bits per heavy atom. The fourth-order valence-corrected chi connectivity index (χ4v) is 1.92. The second-order valence-electron chi connectivity index (χ2n) is 3.92. The molecule has 20 heavy (non-hydrogen) atoms. The van der Waals surface area contributed by atoms with Crippen molar-refractivity contribution >= 4 is 21.6 Å². The van der Waals surface area contributed by atoms with Crippen molar-refractivity contribution in [2.45, 2.75) is 13.1 Å². The van der Waals surface area contributed by atoms with E-state index in [1.807, 2.05) is 0 Å². The van der Waals surface area contributed by atoms with E-state index in [9.17, 15) is 17.6 Å². The highest BCUT2D eigenvalue weighted by Gasteiger charge is 2.31. The molecule has 0 radical (unpaired) electrons. The van der Waals surface area contributed by atoms with Gasteiger partial charge in [-0.1, -0.05) is 0 Å². The Labute approximate surface area is 122 Å². The molecule has 0 heterocycles. The number of hydrogen-bond acceptors (Lipinski definition) is 1. The molecule has 0 atom stereocenters. The molecule has 110 valence electrons. The number of rotatable bonds is 4. The fraction of sp³-hybridized carbons (Fsp3) is 0.231. The molecule has 1 aromatic carbocycles. The van der Waals surface area contributed by atoms with Crippen LogP contribution in [0.3, 0.4) is 0 Å². The van der Waals surface area contributed by atoms with Crippen molar-refractivity contribution in [3.63, 3.8) is 0 Å². The average molecular weight is 355 g/mol. The van der Waals surface area contributed by atoms with E-state index in [2.05, 4.69) is 15.9 Å². The highest BCUT2D eigenvalue weighted by molar-refractivity contribution is 9.10. The molecule has 1 rings (SSSR count). The van der Waals surface area contributed by atoms with Crippen LogP contribution in [0.1, 0.15) is 18.1 Å². The van der Waals surface area contributed by atoms with Gasteiger partial charge in [0, 0.05) is 10.5 Å². The molecule has 0 aromatic heterocycles. The van der Waals surface area contributed by atoms with Crippen molar-refractivity contribution < 1.29 is 27.9 Å². The quantitative estimate of drug-likeness (QED) is 0.496. The van der Waals surface area contributed by atoms with E-state index in [1.54, 1.807) is 0 Å². The van der Waals surface area contributed by atoms with Gasteiger partial charge < -0.3 is 0 Å². The average Bonchev–Trinajstić information content (AvgIpc) is 2.33. The molecule has 0 aliphatic rings. The molecular weight excluding hydrogens is 342 g/mol. The van der Waals surface area contributed by atoms with Crippen molar-refractivity contribution in [1.82, 2.24) is 0 Å². The zero-order chi connectivity index (χ0) is 15.3. The molecule has 0 saturated heterocycles. The van der Waals surface area contributed by atoms with Crippen LogP contribution in [-0.4, -0.2) is 7.11 Å². The Balaban J connectivity index is 3.33. The first-order valence-corrected chi connectivity index (χ1v) is 6.32. The maximum absolute atomic E-state index is 12.8. The van der Waals surface area contributed by atoms with Crippen LogP contribution < -0.4 is 5.48 Å². The van der Waals surface area contributed by atoms with Gasteiger partial charge in [0.15, 0.2) is 5.70 Å². The van der Waals surface area contributed by atoms with E-state index in [4.69, 9.17) is 4.84 Å². The lowest BCUT2D eigenvalue weighted by Crippen LogP contribution is -2.79. The summed E-state index contributed by atoms with van der Waals surface area (Å²) < 4.78 is 51.4. The topological polar surface area (TPSA) is 25.8 Å². The Bertz CT molecular complexity index is 534. The zero-order valence-electron chi connectivity index (χ0n) is 10.8. The number of allylic oxidation sites excluding steroid dienone is 3. The van der Waals surface area contributed by atoms with Crippen LogP contribution in [0.15, 0.2) is 40.7 Å². The smallest absolute Gasteiger partial charge is 0.212 e. The van der Waals surface area contributed by atoms with Gasteiger partial charge in [0.05, 0.1) is 24.1 Å². The summed E-state index contributed by atoms with van der Waals surface area (Å²) in [5.74, 6) is -0.463. The van der Waals surface area contributed by atoms with Crippen LogP contribution >= 0.6 is 15.9 Å². The summed E-state index contributed by atoms with van der Waals surface area (Å²) in [5.41, 5.74) is 1.05. The van der Waals surface area contributed by atoms with Gasteiger partial charge in [-0.2, -0.15) is 18.7 Å². The highest BCUT2D eigenvalue weighted by atomic mass is 79.9. The Morgan fingerprint density at radius 3 is 2.45 bits per heavy atom. The van der Waals surface area contributed by atoms with Gasteiger partial charge in [-0.25, -0.2) is 9.23 Å². The predicted molar refractivity (Wildman–Crippen MR) is 70.9 cm³/mol. The summed E-state index contributed by atoms with van der Waals surface area (Å²) in [7, 11) is 1.36. The molecule has 0 aliphatic carbocycles. The standard InChI is InChI=1S/C13H12BrF4NO/c1-8(15)3-6-12(19-20-2)10-7-9(13(16,17)18)4-5-11(10)14/h3-7,19H,1-2H3/p+1/b8-3+,12-6-. The lowest BCUT2D eigenvalue weighted by molar-refractivity contribution is -0.824. The third-order valence-electron chi connectivity index (χ3n) is 2.34. The molecular formula is C13H13BrF4NO+. The lowest BCUT2D eigenvalue weighted by atomic mass is 10.1. The molecule has 2 N–H and O–H groups in total. The maximum Gasteiger partial charge on any atom is 0.416 e. The largest absolute Gasteiger partial charge is 0.416 e. The van der Waals surface area contributed by atoms with Crippen molar-refractivity contribution in [3.05, 3.63) is 51.8 Å². The van der Waals surface area contributed by atoms with E-state index >= 15 is 0 Å². The third kappa shape index (κ3) is 4.73. The summed E-state index contributed by atoms with van der Waals surface area (Å²) in [4.78, 5) is 4.82. The van der Waals surface area contributed by atoms with Crippen molar-refractivity contribution in [2.75, 3.05) is 7.11 Å². The monoisotopic (exact) mass is 354 g/mol. The van der Waals surface area contributed by atoms with Crippen LogP contribution in [0.4, 0.5) is 17.6 Å². The zero-order valence-corrected chi connectivity index (χ0v) is 12.3. The summed E-state index contributed by atoms with van der Waals surface area (Å²) in [6.45, 7) is 1.24. The van der Waals surface area contributed by atoms with Crippen LogP contribution in [-0.2, 0) is 11.0 Å². The van der Waals surface area contributed by atoms with Crippen molar-refractivity contribution in [1.29, 1.82) is 0 Å². The van der Waals surface area contributed by atoms with Gasteiger partial charge in [-0.05, 0) is 47.1 Å². The normalized spacial score (nSPS) is 13.8. The molecule has 0 saturated carbocycles. The molecule has 0 spiro atoms. The van der Waals surface area contributed by atoms with E-state index in [0.717, 1.165) is 18.2 Å². The van der Waals surface area contributed by atoms with Crippen LogP contribution in [0.5, 0.6) is 0 Å². The van der Waals surface area contributed by atoms with Gasteiger partial charge in [0.1, 0.15) is 0 Å². The summed E-state index contributed by atoms with van der Waals surface area (Å²) in [6, 6.07) is 3.24. The van der Waals surface area contributed by atoms with Crippen molar-refractivity contribution in [2.24, 2.45) is 0 Å². The second-order valence-corrected chi connectivity index (χ2v) is 4.78. The van der Waals surface area contributed by atoms with E-state index in [1.165, 1.54) is 31.7 Å². The van der Waals surface area contributed by atoms with E-state index in [-0.39, 0.29) is 5.56 Å². The Hall–Kier alpha value is -1.18. The maximum atomic E-state index is 12.8. The van der Waals surface area contributed by atoms with Gasteiger partial charge in [-0.15, -0.1) is 0 Å². The Kier molecular flexibility index (Phi) is 5.91. The second kappa shape index (κ2) is 7.01. The minimum absolute atomic E-state index is 0.263. The number of quaternary nitrogens is 1. The first-order chi connectivity index (χ1) is 9.25. The number of benzene rings is 1. The molecule has 1 aromatic rings. The van der Waals surface area contributed by atoms with Gasteiger partial charge in [-0.3, -0.25) is 0 Å². The number of nitrogens with two attached hydrogens (primary N) is 1. The minimum atomic E-state index is -4.44. The molecule has 7 heteroatoms. The SMILES string of the molecule is CO[NH2+]/C(=C\C=C(/C)F)c1cc(C(F)(F)F)ccc1Br. The predicted octanol–water partition coefficient (Wildman–Crippen LogP) is 3.81. The number of hydrogen-bond donors (Lipinski definition) is 1. The number of alkyl halides is 3. The summed E-state index contributed by atoms with van der Waals surface area (Å²) in [6.07, 6.45) is -1.95. The summed E-state index contributed by atoms with van der Waals surface area (Å²) in [5, 5.41) is 0. The minimum Gasteiger partial charge on any atom is -0.212 e. The first kappa shape index (κ1) is 16.9. The van der Waals surface area contributed by atoms with Crippen LogP contribution in [0.2, 0.25) is 0 Å². The van der Waals surface area contributed by atoms with E-state index < -0.39 is 17.6 Å². The van der Waals surface area contributed by atoms with Crippen molar-refractivity contribution in [3.8, 4) is 0 Å². The molecule has 2 nitrogen and oxygen atoms in total. The molecule has 0 fully saturated rings. The van der Waals surface area contributed by atoms with E-state index in [0.29, 0.717) is 10.2 Å². The van der Waals surface area contributed by atoms with Gasteiger partial charge in [0.2, 0.25) is 0 Å². The molecule has 0 aliphatic heterocycles. The molecule has 0 amide bonds. The van der Waals surface area contributed by atoms with Crippen LogP contribution in [0.25, 0.3) is 5.70 Å². The number of halogens is 5. The van der Waals surface area contributed by atoms with Gasteiger partial charge >= 0.3 is 6.18 Å². The molecule has 0 bridgehead atoms. The highest BCUT2D eigenvalue weighted by Crippen LogP contribution is 2.33. The molecule has 0 unspecified atom stereocenters. The first-order valence-electron chi connectivity index (χ1n) is 5.53. The summed E-state index contributed by atoms with van der Waals surface area (Å²) >= 11 is 3.18.